The zero-order chi connectivity index (χ0) is 15.8. The van der Waals surface area contributed by atoms with E-state index in [0.29, 0.717) is 11.1 Å². The molecule has 0 spiro atoms. The largest absolute Gasteiger partial charge is 0.369 e. The SMILES string of the molecule is CCCN(CCC)C(N)=NC(=S)Nc1c(C)cccc1C.Cl. The van der Waals surface area contributed by atoms with Gasteiger partial charge in [-0.3, -0.25) is 0 Å². The molecular weight excluding hydrogens is 316 g/mol. The Balaban J connectivity index is 0.00000441. The van der Waals surface area contributed by atoms with E-state index in [1.807, 2.05) is 32.0 Å². The average Bonchev–Trinajstić information content (AvgIpc) is 2.42. The van der Waals surface area contributed by atoms with Gasteiger partial charge in [0.25, 0.3) is 0 Å². The van der Waals surface area contributed by atoms with Gasteiger partial charge >= 0.3 is 0 Å². The molecule has 0 amide bonds. The van der Waals surface area contributed by atoms with E-state index < -0.39 is 0 Å². The average molecular weight is 343 g/mol. The maximum absolute atomic E-state index is 6.07. The lowest BCUT2D eigenvalue weighted by Gasteiger charge is -2.22. The van der Waals surface area contributed by atoms with Crippen LogP contribution in [0.2, 0.25) is 0 Å². The second-order valence-electron chi connectivity index (χ2n) is 5.15. The van der Waals surface area contributed by atoms with E-state index in [1.165, 1.54) is 0 Å². The fourth-order valence-electron chi connectivity index (χ4n) is 2.20. The first kappa shape index (κ1) is 20.7. The van der Waals surface area contributed by atoms with Crippen LogP contribution in [-0.4, -0.2) is 29.1 Å². The van der Waals surface area contributed by atoms with Gasteiger partial charge in [0.15, 0.2) is 5.96 Å². The van der Waals surface area contributed by atoms with Crippen LogP contribution in [0.3, 0.4) is 0 Å². The summed E-state index contributed by atoms with van der Waals surface area (Å²) < 4.78 is 0. The zero-order valence-corrected chi connectivity index (χ0v) is 15.5. The predicted molar refractivity (Wildman–Crippen MR) is 103 cm³/mol. The van der Waals surface area contributed by atoms with Gasteiger partial charge in [-0.25, -0.2) is 0 Å². The number of nitrogens with zero attached hydrogens (tertiary/aromatic N) is 2. The first-order chi connectivity index (χ1) is 9.99. The minimum Gasteiger partial charge on any atom is -0.369 e. The molecule has 1 rings (SSSR count). The molecule has 0 aromatic heterocycles. The van der Waals surface area contributed by atoms with Gasteiger partial charge in [-0.2, -0.15) is 4.99 Å². The molecule has 0 aliphatic heterocycles. The molecule has 0 saturated heterocycles. The molecule has 0 bridgehead atoms. The number of rotatable bonds is 5. The quantitative estimate of drug-likeness (QED) is 0.484. The first-order valence-electron chi connectivity index (χ1n) is 7.45. The maximum atomic E-state index is 6.07. The van der Waals surface area contributed by atoms with Crippen molar-refractivity contribution in [2.75, 3.05) is 18.4 Å². The molecule has 0 radical (unpaired) electrons. The third kappa shape index (κ3) is 6.20. The molecule has 6 heteroatoms. The van der Waals surface area contributed by atoms with Crippen LogP contribution < -0.4 is 11.1 Å². The van der Waals surface area contributed by atoms with Gasteiger partial charge in [0.1, 0.15) is 0 Å². The molecule has 0 unspecified atom stereocenters. The minimum absolute atomic E-state index is 0. The molecule has 3 N–H and O–H groups in total. The standard InChI is InChI=1S/C16H26N4S.ClH/c1-5-10-20(11-6-2)15(17)19-16(21)18-14-12(3)8-7-9-13(14)4;/h7-9H,5-6,10-11H2,1-4H3,(H3,17,18,19,21);1H. The summed E-state index contributed by atoms with van der Waals surface area (Å²) in [6, 6.07) is 6.12. The van der Waals surface area contributed by atoms with E-state index in [9.17, 15) is 0 Å². The molecule has 0 aliphatic rings. The van der Waals surface area contributed by atoms with E-state index in [-0.39, 0.29) is 12.4 Å². The van der Waals surface area contributed by atoms with E-state index in [2.05, 4.69) is 29.1 Å². The van der Waals surface area contributed by atoms with Crippen LogP contribution in [0.15, 0.2) is 23.2 Å². The van der Waals surface area contributed by atoms with Crippen molar-refractivity contribution in [1.29, 1.82) is 0 Å². The monoisotopic (exact) mass is 342 g/mol. The molecule has 0 fully saturated rings. The highest BCUT2D eigenvalue weighted by Crippen LogP contribution is 2.19. The van der Waals surface area contributed by atoms with E-state index in [0.717, 1.165) is 42.7 Å². The van der Waals surface area contributed by atoms with Gasteiger partial charge in [0, 0.05) is 18.8 Å². The Labute approximate surface area is 145 Å². The number of benzene rings is 1. The Hall–Kier alpha value is -1.33. The van der Waals surface area contributed by atoms with Gasteiger partial charge in [-0.05, 0) is 50.0 Å². The Bertz CT molecular complexity index is 491. The Morgan fingerprint density at radius 2 is 1.68 bits per heavy atom. The van der Waals surface area contributed by atoms with Gasteiger partial charge in [0.05, 0.1) is 0 Å². The van der Waals surface area contributed by atoms with Crippen molar-refractivity contribution in [3.8, 4) is 0 Å². The lowest BCUT2D eigenvalue weighted by atomic mass is 10.1. The summed E-state index contributed by atoms with van der Waals surface area (Å²) in [6.07, 6.45) is 2.07. The van der Waals surface area contributed by atoms with Crippen molar-refractivity contribution in [2.45, 2.75) is 40.5 Å². The number of aliphatic imine (C=N–C) groups is 1. The molecule has 1 aromatic rings. The van der Waals surface area contributed by atoms with E-state index in [1.54, 1.807) is 0 Å². The molecule has 22 heavy (non-hydrogen) atoms. The number of hydrogen-bond acceptors (Lipinski definition) is 1. The van der Waals surface area contributed by atoms with Crippen LogP contribution in [0.25, 0.3) is 0 Å². The van der Waals surface area contributed by atoms with Gasteiger partial charge in [-0.1, -0.05) is 32.0 Å². The summed E-state index contributed by atoms with van der Waals surface area (Å²) >= 11 is 5.31. The Morgan fingerprint density at radius 1 is 1.18 bits per heavy atom. The maximum Gasteiger partial charge on any atom is 0.200 e. The fourth-order valence-corrected chi connectivity index (χ4v) is 2.40. The summed E-state index contributed by atoms with van der Waals surface area (Å²) in [5.74, 6) is 0.488. The number of halogens is 1. The number of aryl methyl sites for hydroxylation is 2. The third-order valence-electron chi connectivity index (χ3n) is 3.24. The highest BCUT2D eigenvalue weighted by molar-refractivity contribution is 7.80. The lowest BCUT2D eigenvalue weighted by Crippen LogP contribution is -2.39. The topological polar surface area (TPSA) is 53.6 Å². The number of thiocarbonyl (C=S) groups is 1. The summed E-state index contributed by atoms with van der Waals surface area (Å²) in [7, 11) is 0. The second kappa shape index (κ2) is 10.4. The smallest absolute Gasteiger partial charge is 0.200 e. The third-order valence-corrected chi connectivity index (χ3v) is 3.43. The number of nitrogens with one attached hydrogen (secondary N) is 1. The Morgan fingerprint density at radius 3 is 2.14 bits per heavy atom. The van der Waals surface area contributed by atoms with Crippen LogP contribution in [0.1, 0.15) is 37.8 Å². The van der Waals surface area contributed by atoms with Gasteiger partial charge in [0.2, 0.25) is 5.11 Å². The molecular formula is C16H27ClN4S. The lowest BCUT2D eigenvalue weighted by molar-refractivity contribution is 0.413. The van der Waals surface area contributed by atoms with E-state index >= 15 is 0 Å². The normalized spacial score (nSPS) is 10.8. The number of para-hydroxylation sites is 1. The first-order valence-corrected chi connectivity index (χ1v) is 7.86. The highest BCUT2D eigenvalue weighted by Gasteiger charge is 2.08. The van der Waals surface area contributed by atoms with E-state index in [4.69, 9.17) is 18.0 Å². The second-order valence-corrected chi connectivity index (χ2v) is 5.54. The number of nitrogens with two attached hydrogens (primary N) is 1. The Kier molecular flexibility index (Phi) is 9.78. The number of hydrogen-bond donors (Lipinski definition) is 2. The van der Waals surface area contributed by atoms with Crippen molar-refractivity contribution >= 4 is 41.4 Å². The number of guanidine groups is 1. The van der Waals surface area contributed by atoms with Crippen molar-refractivity contribution in [2.24, 2.45) is 10.7 Å². The van der Waals surface area contributed by atoms with Crippen LogP contribution in [0, 0.1) is 13.8 Å². The molecule has 124 valence electrons. The van der Waals surface area contributed by atoms with Crippen molar-refractivity contribution in [1.82, 2.24) is 4.90 Å². The number of anilines is 1. The zero-order valence-electron chi connectivity index (χ0n) is 13.8. The van der Waals surface area contributed by atoms with Crippen LogP contribution in [-0.2, 0) is 0 Å². The highest BCUT2D eigenvalue weighted by atomic mass is 35.5. The molecule has 0 heterocycles. The summed E-state index contributed by atoms with van der Waals surface area (Å²) in [5, 5.41) is 3.59. The molecule has 4 nitrogen and oxygen atoms in total. The molecule has 1 aromatic carbocycles. The summed E-state index contributed by atoms with van der Waals surface area (Å²) in [4.78, 5) is 6.40. The predicted octanol–water partition coefficient (Wildman–Crippen LogP) is 3.86. The van der Waals surface area contributed by atoms with Crippen molar-refractivity contribution in [3.63, 3.8) is 0 Å². The van der Waals surface area contributed by atoms with Gasteiger partial charge < -0.3 is 16.0 Å². The van der Waals surface area contributed by atoms with Crippen LogP contribution in [0.4, 0.5) is 5.69 Å². The van der Waals surface area contributed by atoms with Crippen LogP contribution in [0.5, 0.6) is 0 Å². The minimum atomic E-state index is 0. The van der Waals surface area contributed by atoms with Crippen molar-refractivity contribution < 1.29 is 0 Å². The fraction of sp³-hybridized carbons (Fsp3) is 0.500. The van der Waals surface area contributed by atoms with Crippen LogP contribution >= 0.6 is 24.6 Å². The summed E-state index contributed by atoms with van der Waals surface area (Å²) in [5.41, 5.74) is 9.37. The molecule has 0 atom stereocenters. The van der Waals surface area contributed by atoms with Gasteiger partial charge in [-0.15, -0.1) is 12.4 Å². The molecule has 0 saturated carbocycles. The summed E-state index contributed by atoms with van der Waals surface area (Å²) in [6.45, 7) is 10.1. The van der Waals surface area contributed by atoms with Crippen molar-refractivity contribution in [3.05, 3.63) is 29.3 Å². The molecule has 0 aliphatic carbocycles.